The third-order valence-electron chi connectivity index (χ3n) is 2.07. The fourth-order valence-electron chi connectivity index (χ4n) is 1.08. The van der Waals surface area contributed by atoms with E-state index in [1.165, 1.54) is 6.42 Å². The molecule has 4 heteroatoms. The van der Waals surface area contributed by atoms with Crippen LogP contribution in [0.2, 0.25) is 0 Å². The molecule has 0 spiro atoms. The summed E-state index contributed by atoms with van der Waals surface area (Å²) in [5.41, 5.74) is 1.14. The molecule has 0 aliphatic carbocycles. The normalized spacial score (nSPS) is 12.7. The minimum atomic E-state index is 0.731. The molecule has 1 heterocycles. The molecule has 0 bridgehead atoms. The average Bonchev–Trinajstić information content (AvgIpc) is 2.25. The van der Waals surface area contributed by atoms with Crippen LogP contribution < -0.4 is 5.32 Å². The van der Waals surface area contributed by atoms with Crippen LogP contribution in [0.4, 0.5) is 0 Å². The summed E-state index contributed by atoms with van der Waals surface area (Å²) in [5.74, 6) is 0. The number of nitrogens with zero attached hydrogens (tertiary/aromatic N) is 2. The van der Waals surface area contributed by atoms with Gasteiger partial charge in [0.15, 0.2) is 0 Å². The second-order valence-electron chi connectivity index (χ2n) is 3.26. The summed E-state index contributed by atoms with van der Waals surface area (Å²) in [6.45, 7) is 4.16. The van der Waals surface area contributed by atoms with Gasteiger partial charge in [0, 0.05) is 29.8 Å². The van der Waals surface area contributed by atoms with Gasteiger partial charge in [-0.1, -0.05) is 6.92 Å². The molecule has 0 saturated carbocycles. The molecule has 0 amide bonds. The topological polar surface area (TPSA) is 37.8 Å². The molecular formula is C10H17N3S. The monoisotopic (exact) mass is 211 g/mol. The van der Waals surface area contributed by atoms with E-state index in [1.54, 1.807) is 6.33 Å². The second kappa shape index (κ2) is 6.79. The molecule has 1 N–H and O–H groups in total. The Labute approximate surface area is 89.7 Å². The van der Waals surface area contributed by atoms with Gasteiger partial charge in [-0.25, -0.2) is 9.97 Å². The maximum atomic E-state index is 3.96. The summed E-state index contributed by atoms with van der Waals surface area (Å²) in [6.07, 6.45) is 8.60. The first-order chi connectivity index (χ1) is 6.83. The molecule has 1 unspecified atom stereocenters. The van der Waals surface area contributed by atoms with Crippen LogP contribution in [0.5, 0.6) is 0 Å². The van der Waals surface area contributed by atoms with E-state index < -0.39 is 0 Å². The van der Waals surface area contributed by atoms with Crippen LogP contribution in [-0.4, -0.2) is 28.0 Å². The Bertz CT molecular complexity index is 240. The quantitative estimate of drug-likeness (QED) is 0.727. The summed E-state index contributed by atoms with van der Waals surface area (Å²) >= 11 is 1.91. The first-order valence-electron chi connectivity index (χ1n) is 4.80. The second-order valence-corrected chi connectivity index (χ2v) is 4.53. The predicted octanol–water partition coefficient (Wildman–Crippen LogP) is 1.71. The van der Waals surface area contributed by atoms with E-state index in [9.17, 15) is 0 Å². The highest BCUT2D eigenvalue weighted by Crippen LogP contribution is 2.07. The van der Waals surface area contributed by atoms with Crippen LogP contribution in [0, 0.1) is 0 Å². The van der Waals surface area contributed by atoms with Crippen molar-refractivity contribution in [1.82, 2.24) is 15.3 Å². The minimum Gasteiger partial charge on any atom is -0.313 e. The van der Waals surface area contributed by atoms with E-state index in [1.807, 2.05) is 24.2 Å². The molecular weight excluding hydrogens is 194 g/mol. The lowest BCUT2D eigenvalue weighted by molar-refractivity contribution is 0.645. The van der Waals surface area contributed by atoms with Crippen molar-refractivity contribution >= 4 is 11.8 Å². The molecule has 0 fully saturated rings. The third-order valence-corrected chi connectivity index (χ3v) is 3.11. The molecule has 0 saturated heterocycles. The zero-order valence-corrected chi connectivity index (χ0v) is 9.55. The molecule has 1 atom stereocenters. The Morgan fingerprint density at radius 3 is 2.79 bits per heavy atom. The van der Waals surface area contributed by atoms with E-state index in [0.717, 1.165) is 23.9 Å². The number of nitrogens with one attached hydrogen (secondary N) is 1. The summed E-state index contributed by atoms with van der Waals surface area (Å²) < 4.78 is 0. The molecule has 1 rings (SSSR count). The van der Waals surface area contributed by atoms with Crippen molar-refractivity contribution in [2.24, 2.45) is 0 Å². The fraction of sp³-hybridized carbons (Fsp3) is 0.600. The van der Waals surface area contributed by atoms with Gasteiger partial charge in [0.1, 0.15) is 6.33 Å². The van der Waals surface area contributed by atoms with Crippen molar-refractivity contribution in [2.45, 2.75) is 25.1 Å². The zero-order valence-electron chi connectivity index (χ0n) is 8.73. The highest BCUT2D eigenvalue weighted by atomic mass is 32.2. The lowest BCUT2D eigenvalue weighted by atomic mass is 10.3. The van der Waals surface area contributed by atoms with Gasteiger partial charge in [-0.15, -0.1) is 0 Å². The molecule has 0 aromatic carbocycles. The van der Waals surface area contributed by atoms with Gasteiger partial charge in [-0.05, 0) is 19.2 Å². The van der Waals surface area contributed by atoms with E-state index >= 15 is 0 Å². The molecule has 0 radical (unpaired) electrons. The van der Waals surface area contributed by atoms with Crippen molar-refractivity contribution in [3.8, 4) is 0 Å². The van der Waals surface area contributed by atoms with Gasteiger partial charge < -0.3 is 5.32 Å². The molecule has 0 aliphatic heterocycles. The molecule has 1 aromatic heterocycles. The fourth-order valence-corrected chi connectivity index (χ4v) is 1.43. The highest BCUT2D eigenvalue weighted by Gasteiger charge is 1.98. The minimum absolute atomic E-state index is 0.731. The zero-order chi connectivity index (χ0) is 10.2. The largest absolute Gasteiger partial charge is 0.313 e. The van der Waals surface area contributed by atoms with Gasteiger partial charge in [-0.3, -0.25) is 0 Å². The van der Waals surface area contributed by atoms with Gasteiger partial charge in [0.05, 0.1) is 0 Å². The molecule has 3 nitrogen and oxygen atoms in total. The summed E-state index contributed by atoms with van der Waals surface area (Å²) in [7, 11) is 0. The maximum Gasteiger partial charge on any atom is 0.115 e. The van der Waals surface area contributed by atoms with Crippen LogP contribution in [0.3, 0.4) is 0 Å². The van der Waals surface area contributed by atoms with Gasteiger partial charge >= 0.3 is 0 Å². The standard InChI is InChI=1S/C10H17N3S/c1-9(14-2)3-4-11-5-10-6-12-8-13-7-10/h6-9,11H,3-5H2,1-2H3. The Morgan fingerprint density at radius 1 is 1.43 bits per heavy atom. The highest BCUT2D eigenvalue weighted by molar-refractivity contribution is 7.99. The van der Waals surface area contributed by atoms with Crippen LogP contribution in [0.1, 0.15) is 18.9 Å². The SMILES string of the molecule is CSC(C)CCNCc1cncnc1. The third kappa shape index (κ3) is 4.58. The molecule has 78 valence electrons. The van der Waals surface area contributed by atoms with Gasteiger partial charge in [0.2, 0.25) is 0 Å². The lowest BCUT2D eigenvalue weighted by Gasteiger charge is -2.08. The Balaban J connectivity index is 2.10. The van der Waals surface area contributed by atoms with Crippen molar-refractivity contribution in [3.63, 3.8) is 0 Å². The first-order valence-corrected chi connectivity index (χ1v) is 6.09. The first kappa shape index (κ1) is 11.5. The average molecular weight is 211 g/mol. The van der Waals surface area contributed by atoms with Crippen LogP contribution in [0.25, 0.3) is 0 Å². The number of rotatable bonds is 6. The van der Waals surface area contributed by atoms with E-state index in [4.69, 9.17) is 0 Å². The summed E-state index contributed by atoms with van der Waals surface area (Å²) in [5, 5.41) is 4.10. The number of thioether (sulfide) groups is 1. The van der Waals surface area contributed by atoms with Crippen LogP contribution >= 0.6 is 11.8 Å². The van der Waals surface area contributed by atoms with Gasteiger partial charge in [0.25, 0.3) is 0 Å². The number of hydrogen-bond acceptors (Lipinski definition) is 4. The van der Waals surface area contributed by atoms with Crippen molar-refractivity contribution in [3.05, 3.63) is 24.3 Å². The summed E-state index contributed by atoms with van der Waals surface area (Å²) in [4.78, 5) is 7.92. The van der Waals surface area contributed by atoms with Gasteiger partial charge in [-0.2, -0.15) is 11.8 Å². The number of hydrogen-bond donors (Lipinski definition) is 1. The van der Waals surface area contributed by atoms with Crippen molar-refractivity contribution in [1.29, 1.82) is 0 Å². The predicted molar refractivity (Wildman–Crippen MR) is 61.3 cm³/mol. The molecule has 14 heavy (non-hydrogen) atoms. The van der Waals surface area contributed by atoms with Crippen LogP contribution in [-0.2, 0) is 6.54 Å². The maximum absolute atomic E-state index is 3.96. The molecule has 1 aromatic rings. The smallest absolute Gasteiger partial charge is 0.115 e. The Morgan fingerprint density at radius 2 is 2.14 bits per heavy atom. The van der Waals surface area contributed by atoms with E-state index in [-0.39, 0.29) is 0 Å². The Hall–Kier alpha value is -0.610. The van der Waals surface area contributed by atoms with Crippen molar-refractivity contribution in [2.75, 3.05) is 12.8 Å². The van der Waals surface area contributed by atoms with Crippen molar-refractivity contribution < 1.29 is 0 Å². The van der Waals surface area contributed by atoms with E-state index in [2.05, 4.69) is 28.5 Å². The lowest BCUT2D eigenvalue weighted by Crippen LogP contribution is -2.17. The Kier molecular flexibility index (Phi) is 5.56. The summed E-state index contributed by atoms with van der Waals surface area (Å²) in [6, 6.07) is 0. The molecule has 0 aliphatic rings. The number of aromatic nitrogens is 2. The van der Waals surface area contributed by atoms with E-state index in [0.29, 0.717) is 0 Å². The van der Waals surface area contributed by atoms with Crippen LogP contribution in [0.15, 0.2) is 18.7 Å².